The minimum Gasteiger partial charge on any atom is -0.376 e. The summed E-state index contributed by atoms with van der Waals surface area (Å²) in [4.78, 5) is 0. The molecular weight excluding hydrogens is 322 g/mol. The largest absolute Gasteiger partial charge is 0.376 e. The predicted molar refractivity (Wildman–Crippen MR) is 85.8 cm³/mol. The monoisotopic (exact) mass is 345 g/mol. The Hall–Kier alpha value is 0.1000. The zero-order chi connectivity index (χ0) is 14.1. The van der Waals surface area contributed by atoms with E-state index in [2.05, 4.69) is 45.9 Å². The van der Waals surface area contributed by atoms with E-state index in [0.29, 0.717) is 5.41 Å². The molecule has 1 saturated carbocycles. The van der Waals surface area contributed by atoms with Crippen molar-refractivity contribution >= 4 is 27.3 Å². The van der Waals surface area contributed by atoms with Crippen LogP contribution in [0.25, 0.3) is 0 Å². The molecule has 1 unspecified atom stereocenters. The topological polar surface area (TPSA) is 21.3 Å². The van der Waals surface area contributed by atoms with Crippen molar-refractivity contribution in [1.29, 1.82) is 0 Å². The van der Waals surface area contributed by atoms with Gasteiger partial charge in [-0.25, -0.2) is 0 Å². The molecule has 0 aliphatic heterocycles. The van der Waals surface area contributed by atoms with Gasteiger partial charge in [-0.1, -0.05) is 13.8 Å². The van der Waals surface area contributed by atoms with E-state index in [1.54, 1.807) is 11.3 Å². The van der Waals surface area contributed by atoms with Crippen LogP contribution in [0.5, 0.6) is 0 Å². The minimum absolute atomic E-state index is 0.0755. The molecule has 19 heavy (non-hydrogen) atoms. The SMILES string of the molecule is CNC(c1cscc1Br)C1(OC)CCC(C)(C)CC1. The second-order valence-electron chi connectivity index (χ2n) is 6.33. The Morgan fingerprint density at radius 3 is 2.32 bits per heavy atom. The first-order chi connectivity index (χ1) is 8.94. The van der Waals surface area contributed by atoms with Crippen LogP contribution in [-0.4, -0.2) is 19.8 Å². The summed E-state index contributed by atoms with van der Waals surface area (Å²) in [6.07, 6.45) is 4.68. The lowest BCUT2D eigenvalue weighted by Crippen LogP contribution is -2.48. The van der Waals surface area contributed by atoms with Gasteiger partial charge in [0.15, 0.2) is 0 Å². The summed E-state index contributed by atoms with van der Waals surface area (Å²) < 4.78 is 7.22. The Labute approximate surface area is 129 Å². The number of hydrogen-bond acceptors (Lipinski definition) is 3. The van der Waals surface area contributed by atoms with Gasteiger partial charge in [0.25, 0.3) is 0 Å². The van der Waals surface area contributed by atoms with Crippen molar-refractivity contribution in [3.8, 4) is 0 Å². The average Bonchev–Trinajstić information content (AvgIpc) is 2.79. The van der Waals surface area contributed by atoms with E-state index in [0.717, 1.165) is 12.8 Å². The minimum atomic E-state index is -0.0755. The normalized spacial score (nSPS) is 23.2. The summed E-state index contributed by atoms with van der Waals surface area (Å²) >= 11 is 5.41. The third-order valence-electron chi connectivity index (χ3n) is 4.62. The molecule has 4 heteroatoms. The van der Waals surface area contributed by atoms with Gasteiger partial charge in [0.2, 0.25) is 0 Å². The van der Waals surface area contributed by atoms with Crippen LogP contribution in [0.4, 0.5) is 0 Å². The van der Waals surface area contributed by atoms with Crippen molar-refractivity contribution in [2.24, 2.45) is 5.41 Å². The van der Waals surface area contributed by atoms with Gasteiger partial charge >= 0.3 is 0 Å². The highest BCUT2D eigenvalue weighted by molar-refractivity contribution is 9.10. The first kappa shape index (κ1) is 15.5. The maximum Gasteiger partial charge on any atom is 0.0873 e. The van der Waals surface area contributed by atoms with E-state index in [4.69, 9.17) is 4.74 Å². The lowest BCUT2D eigenvalue weighted by molar-refractivity contribution is -0.0862. The summed E-state index contributed by atoms with van der Waals surface area (Å²) in [6.45, 7) is 4.73. The van der Waals surface area contributed by atoms with E-state index in [1.807, 2.05) is 14.2 Å². The number of methoxy groups -OCH3 is 1. The molecule has 1 N–H and O–H groups in total. The van der Waals surface area contributed by atoms with Crippen LogP contribution in [0.1, 0.15) is 51.1 Å². The van der Waals surface area contributed by atoms with Crippen molar-refractivity contribution in [1.82, 2.24) is 5.32 Å². The quantitative estimate of drug-likeness (QED) is 0.849. The molecule has 1 aromatic rings. The fourth-order valence-corrected chi connectivity index (χ4v) is 4.71. The molecule has 0 radical (unpaired) electrons. The standard InChI is InChI=1S/C15H24BrNOS/c1-14(2)5-7-15(18-4,8-6-14)13(17-3)11-9-19-10-12(11)16/h9-10,13,17H,5-8H2,1-4H3. The summed E-state index contributed by atoms with van der Waals surface area (Å²) in [7, 11) is 3.90. The fourth-order valence-electron chi connectivity index (χ4n) is 3.16. The van der Waals surface area contributed by atoms with Gasteiger partial charge in [-0.2, -0.15) is 11.3 Å². The van der Waals surface area contributed by atoms with Gasteiger partial charge in [0, 0.05) is 17.0 Å². The first-order valence-corrected chi connectivity index (χ1v) is 8.62. The Morgan fingerprint density at radius 1 is 1.26 bits per heavy atom. The molecule has 0 bridgehead atoms. The Balaban J connectivity index is 2.27. The van der Waals surface area contributed by atoms with E-state index in [1.165, 1.54) is 22.9 Å². The Bertz CT molecular complexity index is 420. The molecule has 2 nitrogen and oxygen atoms in total. The number of hydrogen-bond donors (Lipinski definition) is 1. The second kappa shape index (κ2) is 5.84. The molecule has 108 valence electrons. The first-order valence-electron chi connectivity index (χ1n) is 6.88. The van der Waals surface area contributed by atoms with Crippen molar-refractivity contribution in [3.63, 3.8) is 0 Å². The maximum absolute atomic E-state index is 6.03. The highest BCUT2D eigenvalue weighted by Gasteiger charge is 2.45. The second-order valence-corrected chi connectivity index (χ2v) is 7.93. The van der Waals surface area contributed by atoms with Gasteiger partial charge < -0.3 is 10.1 Å². The summed E-state index contributed by atoms with van der Waals surface area (Å²) in [5.74, 6) is 0. The average molecular weight is 346 g/mol. The van der Waals surface area contributed by atoms with Gasteiger partial charge in [0.05, 0.1) is 11.6 Å². The van der Waals surface area contributed by atoms with Crippen LogP contribution < -0.4 is 5.32 Å². The van der Waals surface area contributed by atoms with Crippen molar-refractivity contribution in [2.45, 2.75) is 51.2 Å². The highest BCUT2D eigenvalue weighted by Crippen LogP contribution is 2.48. The zero-order valence-corrected chi connectivity index (χ0v) is 14.7. The lowest BCUT2D eigenvalue weighted by atomic mass is 9.67. The number of ether oxygens (including phenoxy) is 1. The predicted octanol–water partition coefficient (Wildman–Crippen LogP) is 4.76. The van der Waals surface area contributed by atoms with E-state index < -0.39 is 0 Å². The summed E-state index contributed by atoms with van der Waals surface area (Å²) in [5.41, 5.74) is 1.70. The van der Waals surface area contributed by atoms with Crippen LogP contribution in [0.2, 0.25) is 0 Å². The molecule has 0 aromatic carbocycles. The van der Waals surface area contributed by atoms with Crippen LogP contribution in [0.3, 0.4) is 0 Å². The lowest BCUT2D eigenvalue weighted by Gasteiger charge is -2.47. The molecule has 2 rings (SSSR count). The number of halogens is 1. The van der Waals surface area contributed by atoms with Crippen molar-refractivity contribution in [3.05, 3.63) is 20.8 Å². The Kier molecular flexibility index (Phi) is 4.76. The van der Waals surface area contributed by atoms with Crippen molar-refractivity contribution in [2.75, 3.05) is 14.2 Å². The molecule has 1 atom stereocenters. The van der Waals surface area contributed by atoms with Gasteiger partial charge in [0.1, 0.15) is 0 Å². The van der Waals surface area contributed by atoms with Crippen molar-refractivity contribution < 1.29 is 4.74 Å². The van der Waals surface area contributed by atoms with Crippen LogP contribution >= 0.6 is 27.3 Å². The van der Waals surface area contributed by atoms with Crippen LogP contribution in [-0.2, 0) is 4.74 Å². The molecule has 1 aromatic heterocycles. The number of thiophene rings is 1. The van der Waals surface area contributed by atoms with E-state index in [9.17, 15) is 0 Å². The van der Waals surface area contributed by atoms with Crippen LogP contribution in [0.15, 0.2) is 15.2 Å². The number of nitrogens with one attached hydrogen (secondary N) is 1. The number of likely N-dealkylation sites (N-methyl/N-ethyl adjacent to an activating group) is 1. The molecular formula is C15H24BrNOS. The smallest absolute Gasteiger partial charge is 0.0873 e. The molecule has 1 heterocycles. The van der Waals surface area contributed by atoms with Gasteiger partial charge in [-0.3, -0.25) is 0 Å². The maximum atomic E-state index is 6.03. The molecule has 1 fully saturated rings. The molecule has 0 amide bonds. The molecule has 0 saturated heterocycles. The zero-order valence-electron chi connectivity index (χ0n) is 12.3. The molecule has 1 aliphatic rings. The fraction of sp³-hybridized carbons (Fsp3) is 0.733. The van der Waals surface area contributed by atoms with E-state index >= 15 is 0 Å². The highest BCUT2D eigenvalue weighted by atomic mass is 79.9. The van der Waals surface area contributed by atoms with Gasteiger partial charge in [-0.05, 0) is 65.0 Å². The molecule has 0 spiro atoms. The summed E-state index contributed by atoms with van der Waals surface area (Å²) in [5, 5.41) is 7.86. The number of rotatable bonds is 4. The third kappa shape index (κ3) is 3.07. The van der Waals surface area contributed by atoms with Gasteiger partial charge in [-0.15, -0.1) is 0 Å². The molecule has 1 aliphatic carbocycles. The summed E-state index contributed by atoms with van der Waals surface area (Å²) in [6, 6.07) is 0.259. The van der Waals surface area contributed by atoms with Crippen LogP contribution in [0, 0.1) is 5.41 Å². The third-order valence-corrected chi connectivity index (χ3v) is 6.38. The Morgan fingerprint density at radius 2 is 1.89 bits per heavy atom. The van der Waals surface area contributed by atoms with E-state index in [-0.39, 0.29) is 11.6 Å².